The topological polar surface area (TPSA) is 88.0 Å². The van der Waals surface area contributed by atoms with Crippen LogP contribution in [0.5, 0.6) is 0 Å². The normalized spacial score (nSPS) is 10.4. The molecule has 8 heteroatoms. The van der Waals surface area contributed by atoms with E-state index in [0.717, 1.165) is 0 Å². The fraction of sp³-hybridized carbons (Fsp3) is 0.100. The van der Waals surface area contributed by atoms with Crippen molar-refractivity contribution < 1.29 is 13.9 Å². The van der Waals surface area contributed by atoms with Crippen molar-refractivity contribution in [2.75, 3.05) is 18.7 Å². The summed E-state index contributed by atoms with van der Waals surface area (Å²) in [7, 11) is 1.30. The minimum atomic E-state index is -0.485. The lowest BCUT2D eigenvalue weighted by Crippen LogP contribution is -2.07. The molecule has 2 aromatic carbocycles. The molecule has 2 N–H and O–H groups in total. The molecule has 0 unspecified atom stereocenters. The predicted molar refractivity (Wildman–Crippen MR) is 109 cm³/mol. The van der Waals surface area contributed by atoms with E-state index in [9.17, 15) is 9.18 Å². The number of hydrogen-bond donors (Lipinski definition) is 2. The van der Waals surface area contributed by atoms with E-state index >= 15 is 0 Å². The maximum atomic E-state index is 13.9. The highest BCUT2D eigenvalue weighted by molar-refractivity contribution is 8.13. The predicted octanol–water partition coefficient (Wildman–Crippen LogP) is 4.50. The molecule has 0 saturated heterocycles. The Balaban J connectivity index is 1.93. The van der Waals surface area contributed by atoms with Gasteiger partial charge in [-0.3, -0.25) is 5.41 Å². The van der Waals surface area contributed by atoms with E-state index in [1.807, 2.05) is 0 Å². The van der Waals surface area contributed by atoms with Gasteiger partial charge in [-0.1, -0.05) is 18.2 Å². The molecular formula is C20H17FN4O2S. The van der Waals surface area contributed by atoms with E-state index in [0.29, 0.717) is 33.0 Å². The first-order valence-electron chi connectivity index (χ1n) is 8.22. The second-order valence-electron chi connectivity index (χ2n) is 5.69. The number of hydrogen-bond acceptors (Lipinski definition) is 7. The number of carbonyl (C=O) groups is 1. The van der Waals surface area contributed by atoms with E-state index in [1.54, 1.807) is 42.7 Å². The molecule has 28 heavy (non-hydrogen) atoms. The molecule has 1 heterocycles. The molecule has 0 spiro atoms. The van der Waals surface area contributed by atoms with Crippen molar-refractivity contribution in [1.29, 1.82) is 5.41 Å². The van der Waals surface area contributed by atoms with E-state index < -0.39 is 5.97 Å². The number of rotatable bonds is 5. The number of nitrogens with one attached hydrogen (secondary N) is 2. The molecule has 0 aliphatic heterocycles. The van der Waals surface area contributed by atoms with Crippen LogP contribution in [-0.2, 0) is 4.74 Å². The molecule has 3 rings (SSSR count). The lowest BCUT2D eigenvalue weighted by Gasteiger charge is -2.13. The second kappa shape index (κ2) is 8.62. The molecule has 0 fully saturated rings. The summed E-state index contributed by atoms with van der Waals surface area (Å²) >= 11 is 1.27. The average Bonchev–Trinajstić information content (AvgIpc) is 2.73. The first-order valence-corrected chi connectivity index (χ1v) is 9.45. The van der Waals surface area contributed by atoms with E-state index in [-0.39, 0.29) is 11.8 Å². The molecule has 0 aliphatic rings. The van der Waals surface area contributed by atoms with Gasteiger partial charge in [0.1, 0.15) is 5.82 Å². The number of methoxy groups -OCH3 is 1. The number of aromatic nitrogens is 2. The van der Waals surface area contributed by atoms with Crippen LogP contribution in [0, 0.1) is 11.2 Å². The third-order valence-electron chi connectivity index (χ3n) is 3.97. The van der Waals surface area contributed by atoms with Crippen LogP contribution < -0.4 is 5.32 Å². The van der Waals surface area contributed by atoms with Crippen molar-refractivity contribution in [2.45, 2.75) is 0 Å². The van der Waals surface area contributed by atoms with Crippen molar-refractivity contribution in [3.05, 3.63) is 71.8 Å². The summed E-state index contributed by atoms with van der Waals surface area (Å²) in [5.74, 6) is -0.577. The van der Waals surface area contributed by atoms with Gasteiger partial charge in [-0.25, -0.2) is 19.2 Å². The molecule has 0 atom stereocenters. The zero-order valence-electron chi connectivity index (χ0n) is 15.2. The summed E-state index contributed by atoms with van der Waals surface area (Å²) < 4.78 is 18.7. The second-order valence-corrected chi connectivity index (χ2v) is 6.50. The quantitative estimate of drug-likeness (QED) is 0.375. The number of ether oxygens (including phenoxy) is 1. The number of anilines is 2. The highest BCUT2D eigenvalue weighted by Gasteiger charge is 2.14. The molecule has 6 nitrogen and oxygen atoms in total. The summed E-state index contributed by atoms with van der Waals surface area (Å²) in [6, 6.07) is 11.2. The molecule has 0 amide bonds. The van der Waals surface area contributed by atoms with Crippen LogP contribution in [0.15, 0.2) is 54.9 Å². The Morgan fingerprint density at radius 2 is 1.89 bits per heavy atom. The number of halogens is 1. The van der Waals surface area contributed by atoms with Gasteiger partial charge in [-0.2, -0.15) is 0 Å². The zero-order valence-corrected chi connectivity index (χ0v) is 16.0. The first kappa shape index (κ1) is 19.5. The number of nitrogens with zero attached hydrogens (tertiary/aromatic N) is 2. The summed E-state index contributed by atoms with van der Waals surface area (Å²) in [6.45, 7) is 0. The standard InChI is InChI=1S/C20H17FN4O2S/c1-27-19(26)12-7-8-15(18(22)28-2)17(9-12)25-20-23-10-13(11-24-20)14-5-3-4-6-16(14)21/h3-11,22H,1-2H3,(H,23,24,25). The minimum Gasteiger partial charge on any atom is -0.465 e. The van der Waals surface area contributed by atoms with Crippen molar-refractivity contribution in [3.8, 4) is 11.1 Å². The van der Waals surface area contributed by atoms with Gasteiger partial charge < -0.3 is 10.1 Å². The van der Waals surface area contributed by atoms with Crippen LogP contribution in [0.1, 0.15) is 15.9 Å². The summed E-state index contributed by atoms with van der Waals surface area (Å²) in [6.07, 6.45) is 4.81. The number of carbonyl (C=O) groups excluding carboxylic acids is 1. The van der Waals surface area contributed by atoms with Gasteiger partial charge in [-0.15, -0.1) is 11.8 Å². The maximum absolute atomic E-state index is 13.9. The Labute approximate surface area is 165 Å². The van der Waals surface area contributed by atoms with Gasteiger partial charge in [-0.05, 0) is 30.5 Å². The molecule has 0 aliphatic carbocycles. The lowest BCUT2D eigenvalue weighted by atomic mass is 10.1. The van der Waals surface area contributed by atoms with Gasteiger partial charge >= 0.3 is 5.97 Å². The van der Waals surface area contributed by atoms with Crippen LogP contribution in [-0.4, -0.2) is 34.3 Å². The minimum absolute atomic E-state index is 0.261. The Morgan fingerprint density at radius 1 is 1.18 bits per heavy atom. The Hall–Kier alpha value is -3.26. The number of thioether (sulfide) groups is 1. The van der Waals surface area contributed by atoms with Crippen LogP contribution in [0.2, 0.25) is 0 Å². The van der Waals surface area contributed by atoms with E-state index in [1.165, 1.54) is 37.3 Å². The fourth-order valence-electron chi connectivity index (χ4n) is 2.55. The SMILES string of the molecule is COC(=O)c1ccc(C(=N)SC)c(Nc2ncc(-c3ccccc3F)cn2)c1. The Kier molecular flexibility index (Phi) is 6.00. The van der Waals surface area contributed by atoms with Crippen LogP contribution in [0.3, 0.4) is 0 Å². The number of benzene rings is 2. The van der Waals surface area contributed by atoms with E-state index in [2.05, 4.69) is 15.3 Å². The summed E-state index contributed by atoms with van der Waals surface area (Å²) in [5, 5.41) is 11.4. The molecular weight excluding hydrogens is 379 g/mol. The van der Waals surface area contributed by atoms with E-state index in [4.69, 9.17) is 10.1 Å². The van der Waals surface area contributed by atoms with Gasteiger partial charge in [0.25, 0.3) is 0 Å². The van der Waals surface area contributed by atoms with Crippen molar-refractivity contribution in [2.24, 2.45) is 0 Å². The van der Waals surface area contributed by atoms with Crippen molar-refractivity contribution in [3.63, 3.8) is 0 Å². The number of esters is 1. The summed E-state index contributed by atoms with van der Waals surface area (Å²) in [5.41, 5.74) is 2.39. The van der Waals surface area contributed by atoms with Gasteiger partial charge in [0.15, 0.2) is 0 Å². The van der Waals surface area contributed by atoms with Crippen LogP contribution in [0.25, 0.3) is 11.1 Å². The zero-order chi connectivity index (χ0) is 20.1. The highest BCUT2D eigenvalue weighted by atomic mass is 32.2. The van der Waals surface area contributed by atoms with Crippen molar-refractivity contribution in [1.82, 2.24) is 9.97 Å². The van der Waals surface area contributed by atoms with Crippen molar-refractivity contribution >= 4 is 34.4 Å². The third kappa shape index (κ3) is 4.17. The van der Waals surface area contributed by atoms with Gasteiger partial charge in [0.2, 0.25) is 5.95 Å². The fourth-order valence-corrected chi connectivity index (χ4v) is 2.95. The smallest absolute Gasteiger partial charge is 0.337 e. The van der Waals surface area contributed by atoms with Crippen LogP contribution in [0.4, 0.5) is 16.0 Å². The average molecular weight is 396 g/mol. The third-order valence-corrected chi connectivity index (χ3v) is 4.60. The van der Waals surface area contributed by atoms with Gasteiger partial charge in [0, 0.05) is 29.1 Å². The highest BCUT2D eigenvalue weighted by Crippen LogP contribution is 2.26. The lowest BCUT2D eigenvalue weighted by molar-refractivity contribution is 0.0601. The Bertz CT molecular complexity index is 1020. The molecule has 0 bridgehead atoms. The molecule has 0 radical (unpaired) electrons. The first-order chi connectivity index (χ1) is 13.5. The molecule has 3 aromatic rings. The molecule has 0 saturated carbocycles. The maximum Gasteiger partial charge on any atom is 0.337 e. The molecule has 1 aromatic heterocycles. The monoisotopic (exact) mass is 396 g/mol. The summed E-state index contributed by atoms with van der Waals surface area (Å²) in [4.78, 5) is 20.3. The Morgan fingerprint density at radius 3 is 2.54 bits per heavy atom. The molecule has 142 valence electrons. The van der Waals surface area contributed by atoms with Gasteiger partial charge in [0.05, 0.1) is 23.4 Å². The largest absolute Gasteiger partial charge is 0.465 e. The van der Waals surface area contributed by atoms with Crippen LogP contribution >= 0.6 is 11.8 Å².